The summed E-state index contributed by atoms with van der Waals surface area (Å²) in [5.41, 5.74) is 0.516. The van der Waals surface area contributed by atoms with Gasteiger partial charge in [0.05, 0.1) is 10.6 Å². The number of carbonyl (C=O) groups is 1. The molecule has 0 bridgehead atoms. The van der Waals surface area contributed by atoms with Gasteiger partial charge >= 0.3 is 0 Å². The van der Waals surface area contributed by atoms with Gasteiger partial charge in [0.2, 0.25) is 15.9 Å². The predicted molar refractivity (Wildman–Crippen MR) is 104 cm³/mol. The lowest BCUT2D eigenvalue weighted by atomic mass is 10.3. The number of thioether (sulfide) groups is 1. The highest BCUT2D eigenvalue weighted by molar-refractivity contribution is 7.99. The van der Waals surface area contributed by atoms with Crippen LogP contribution in [-0.2, 0) is 20.6 Å². The van der Waals surface area contributed by atoms with Crippen LogP contribution in [0.15, 0.2) is 46.7 Å². The van der Waals surface area contributed by atoms with Crippen LogP contribution in [0.2, 0.25) is 0 Å². The Morgan fingerprint density at radius 1 is 1.20 bits per heavy atom. The van der Waals surface area contributed by atoms with E-state index >= 15 is 0 Å². The van der Waals surface area contributed by atoms with Gasteiger partial charge in [0.15, 0.2) is 0 Å². The van der Waals surface area contributed by atoms with E-state index in [2.05, 4.69) is 5.32 Å². The van der Waals surface area contributed by atoms with E-state index < -0.39 is 10.0 Å². The van der Waals surface area contributed by atoms with Crippen LogP contribution in [0.25, 0.3) is 0 Å². The summed E-state index contributed by atoms with van der Waals surface area (Å²) in [6, 6.07) is 10.5. The van der Waals surface area contributed by atoms with E-state index in [-0.39, 0.29) is 10.8 Å². The van der Waals surface area contributed by atoms with Crippen LogP contribution < -0.4 is 5.32 Å². The van der Waals surface area contributed by atoms with Crippen LogP contribution in [0.4, 0.5) is 5.69 Å². The summed E-state index contributed by atoms with van der Waals surface area (Å²) in [6.45, 7) is 1.14. The number of anilines is 1. The molecule has 1 aromatic heterocycles. The number of amides is 1. The normalized spacial score (nSPS) is 15.4. The number of benzene rings is 1. The highest BCUT2D eigenvalue weighted by Crippen LogP contribution is 2.23. The zero-order chi connectivity index (χ0) is 17.7. The Morgan fingerprint density at radius 2 is 2.00 bits per heavy atom. The number of carbonyl (C=O) groups excluding carboxylic acids is 1. The molecule has 1 aliphatic rings. The molecule has 1 aliphatic heterocycles. The topological polar surface area (TPSA) is 66.5 Å². The molecule has 2 aromatic rings. The minimum absolute atomic E-state index is 0.128. The van der Waals surface area contributed by atoms with Crippen molar-refractivity contribution in [3.63, 3.8) is 0 Å². The zero-order valence-electron chi connectivity index (χ0n) is 13.7. The van der Waals surface area contributed by atoms with Gasteiger partial charge in [0.25, 0.3) is 0 Å². The first-order valence-corrected chi connectivity index (χ1v) is 11.5. The minimum Gasteiger partial charge on any atom is -0.325 e. The summed E-state index contributed by atoms with van der Waals surface area (Å²) in [4.78, 5) is 13.5. The molecule has 0 unspecified atom stereocenters. The summed E-state index contributed by atoms with van der Waals surface area (Å²) in [5.74, 6) is 1.01. The number of nitrogens with one attached hydrogen (secondary N) is 1. The third-order valence-electron chi connectivity index (χ3n) is 3.88. The van der Waals surface area contributed by atoms with Crippen LogP contribution in [0, 0.1) is 0 Å². The molecule has 1 amide bonds. The zero-order valence-corrected chi connectivity index (χ0v) is 16.1. The lowest BCUT2D eigenvalue weighted by Gasteiger charge is -2.16. The maximum atomic E-state index is 12.6. The summed E-state index contributed by atoms with van der Waals surface area (Å²) in [7, 11) is -3.47. The second-order valence-corrected chi connectivity index (χ2v) is 9.72. The molecule has 25 heavy (non-hydrogen) atoms. The largest absolute Gasteiger partial charge is 0.325 e. The predicted octanol–water partition coefficient (Wildman–Crippen LogP) is 3.40. The molecular weight excluding hydrogens is 376 g/mol. The van der Waals surface area contributed by atoms with Gasteiger partial charge in [-0.1, -0.05) is 12.1 Å². The molecule has 1 aromatic carbocycles. The first-order valence-electron chi connectivity index (χ1n) is 8.06. The van der Waals surface area contributed by atoms with Gasteiger partial charge in [-0.2, -0.15) is 4.31 Å². The van der Waals surface area contributed by atoms with Crippen molar-refractivity contribution in [3.05, 3.63) is 46.7 Å². The Labute approximate surface area is 156 Å². The quantitative estimate of drug-likeness (QED) is 0.779. The number of hydrogen-bond donors (Lipinski definition) is 1. The maximum Gasteiger partial charge on any atom is 0.243 e. The van der Waals surface area contributed by atoms with E-state index in [1.165, 1.54) is 15.2 Å². The molecule has 0 spiro atoms. The Bertz CT molecular complexity index is 813. The standard InChI is InChI=1S/C17H20N2O3S3/c20-17(13-23-12-15-6-4-10-24-15)18-14-5-3-7-16(11-14)25(21,22)19-8-1-2-9-19/h3-7,10-11H,1-2,8-9,12-13H2,(H,18,20). The first kappa shape index (κ1) is 18.4. The molecule has 1 fully saturated rings. The molecule has 3 rings (SSSR count). The van der Waals surface area contributed by atoms with Crippen molar-refractivity contribution in [3.8, 4) is 0 Å². The first-order chi connectivity index (χ1) is 12.1. The van der Waals surface area contributed by atoms with E-state index in [1.54, 1.807) is 41.3 Å². The Balaban J connectivity index is 1.58. The average molecular weight is 397 g/mol. The van der Waals surface area contributed by atoms with E-state index in [4.69, 9.17) is 0 Å². The molecule has 134 valence electrons. The fourth-order valence-corrected chi connectivity index (χ4v) is 5.88. The maximum absolute atomic E-state index is 12.6. The van der Waals surface area contributed by atoms with Crippen molar-refractivity contribution in [1.29, 1.82) is 0 Å². The fourth-order valence-electron chi connectivity index (χ4n) is 2.65. The molecule has 2 heterocycles. The van der Waals surface area contributed by atoms with Gasteiger partial charge in [-0.05, 0) is 42.5 Å². The van der Waals surface area contributed by atoms with Crippen molar-refractivity contribution < 1.29 is 13.2 Å². The van der Waals surface area contributed by atoms with Gasteiger partial charge in [-0.25, -0.2) is 8.42 Å². The van der Waals surface area contributed by atoms with E-state index in [0.29, 0.717) is 24.5 Å². The van der Waals surface area contributed by atoms with Crippen LogP contribution in [-0.4, -0.2) is 37.5 Å². The summed E-state index contributed by atoms with van der Waals surface area (Å²) in [6.07, 6.45) is 1.80. The highest BCUT2D eigenvalue weighted by Gasteiger charge is 2.27. The number of sulfonamides is 1. The van der Waals surface area contributed by atoms with Crippen molar-refractivity contribution in [1.82, 2.24) is 4.31 Å². The number of thiophene rings is 1. The molecular formula is C17H20N2O3S3. The molecule has 0 atom stereocenters. The van der Waals surface area contributed by atoms with Gasteiger partial charge in [0.1, 0.15) is 0 Å². The second kappa shape index (κ2) is 8.35. The number of nitrogens with zero attached hydrogens (tertiary/aromatic N) is 1. The third kappa shape index (κ3) is 4.84. The van der Waals surface area contributed by atoms with E-state index in [1.807, 2.05) is 17.5 Å². The van der Waals surface area contributed by atoms with Crippen LogP contribution in [0.3, 0.4) is 0 Å². The van der Waals surface area contributed by atoms with Crippen molar-refractivity contribution >= 4 is 44.7 Å². The summed E-state index contributed by atoms with van der Waals surface area (Å²) < 4.78 is 26.7. The van der Waals surface area contributed by atoms with Crippen LogP contribution >= 0.6 is 23.1 Å². The van der Waals surface area contributed by atoms with Crippen molar-refractivity contribution in [2.75, 3.05) is 24.2 Å². The molecule has 8 heteroatoms. The molecule has 0 aliphatic carbocycles. The van der Waals surface area contributed by atoms with Crippen LogP contribution in [0.5, 0.6) is 0 Å². The molecule has 1 N–H and O–H groups in total. The van der Waals surface area contributed by atoms with Gasteiger partial charge < -0.3 is 5.32 Å². The summed E-state index contributed by atoms with van der Waals surface area (Å²) >= 11 is 3.21. The van der Waals surface area contributed by atoms with Crippen LogP contribution in [0.1, 0.15) is 17.7 Å². The molecule has 0 saturated carbocycles. The van der Waals surface area contributed by atoms with Gasteiger partial charge in [-0.3, -0.25) is 4.79 Å². The average Bonchev–Trinajstić information content (AvgIpc) is 3.29. The van der Waals surface area contributed by atoms with Gasteiger partial charge in [-0.15, -0.1) is 23.1 Å². The fraction of sp³-hybridized carbons (Fsp3) is 0.353. The monoisotopic (exact) mass is 396 g/mol. The van der Waals surface area contributed by atoms with Crippen molar-refractivity contribution in [2.45, 2.75) is 23.5 Å². The highest BCUT2D eigenvalue weighted by atomic mass is 32.2. The molecule has 1 saturated heterocycles. The third-order valence-corrected chi connectivity index (χ3v) is 7.81. The number of rotatable bonds is 7. The SMILES string of the molecule is O=C(CSCc1cccs1)Nc1cccc(S(=O)(=O)N2CCCC2)c1. The van der Waals surface area contributed by atoms with E-state index in [9.17, 15) is 13.2 Å². The summed E-state index contributed by atoms with van der Waals surface area (Å²) in [5, 5.41) is 4.80. The lowest BCUT2D eigenvalue weighted by Crippen LogP contribution is -2.28. The number of hydrogen-bond acceptors (Lipinski definition) is 5. The molecule has 5 nitrogen and oxygen atoms in total. The Kier molecular flexibility index (Phi) is 6.16. The smallest absolute Gasteiger partial charge is 0.243 e. The lowest BCUT2D eigenvalue weighted by molar-refractivity contribution is -0.113. The van der Waals surface area contributed by atoms with Crippen molar-refractivity contribution in [2.24, 2.45) is 0 Å². The Hall–Kier alpha value is -1.35. The van der Waals surface area contributed by atoms with E-state index in [0.717, 1.165) is 18.6 Å². The second-order valence-electron chi connectivity index (χ2n) is 5.76. The molecule has 0 radical (unpaired) electrons. The minimum atomic E-state index is -3.47. The van der Waals surface area contributed by atoms with Gasteiger partial charge in [0, 0.05) is 29.4 Å². The Morgan fingerprint density at radius 3 is 2.72 bits per heavy atom.